The molecule has 0 spiro atoms. The first-order valence-electron chi connectivity index (χ1n) is 8.89. The van der Waals surface area contributed by atoms with Gasteiger partial charge >= 0.3 is 0 Å². The highest BCUT2D eigenvalue weighted by Gasteiger charge is 2.04. The van der Waals surface area contributed by atoms with Crippen molar-refractivity contribution in [1.29, 1.82) is 0 Å². The third-order valence-corrected chi connectivity index (χ3v) is 4.47. The molecule has 2 aromatic carbocycles. The number of aryl methyl sites for hydroxylation is 1. The van der Waals surface area contributed by atoms with Crippen LogP contribution < -0.4 is 0 Å². The second-order valence-corrected chi connectivity index (χ2v) is 6.62. The van der Waals surface area contributed by atoms with Gasteiger partial charge in [-0.3, -0.25) is 0 Å². The third kappa shape index (κ3) is 6.05. The smallest absolute Gasteiger partial charge is 0.00257 e. The second kappa shape index (κ2) is 9.46. The first-order valence-corrected chi connectivity index (χ1v) is 8.89. The Kier molecular flexibility index (Phi) is 7.22. The van der Waals surface area contributed by atoms with Crippen LogP contribution in [0.1, 0.15) is 62.6 Å². The molecule has 2 rings (SSSR count). The van der Waals surface area contributed by atoms with Crippen molar-refractivity contribution in [3.8, 4) is 0 Å². The molecule has 118 valence electrons. The summed E-state index contributed by atoms with van der Waals surface area (Å²) in [4.78, 5) is 0. The highest BCUT2D eigenvalue weighted by atomic mass is 14.1. The molecule has 1 atom stereocenters. The normalized spacial score (nSPS) is 12.3. The number of benzene rings is 2. The van der Waals surface area contributed by atoms with E-state index in [4.69, 9.17) is 0 Å². The molecule has 0 radical (unpaired) electrons. The molecule has 2 aromatic rings. The fourth-order valence-electron chi connectivity index (χ4n) is 3.03. The number of hydrogen-bond donors (Lipinski definition) is 0. The molecule has 0 nitrogen and oxygen atoms in total. The molecule has 1 unspecified atom stereocenters. The standard InChI is InChI=1S/C22H30/c1-3-4-6-10-19(2)15-16-21-13-9-14-22(18-21)17-20-11-7-5-8-12-20/h5,7-9,11-14,18-19H,3-4,6,10,15-17H2,1-2H3. The maximum atomic E-state index is 2.41. The van der Waals surface area contributed by atoms with E-state index < -0.39 is 0 Å². The fourth-order valence-corrected chi connectivity index (χ4v) is 3.03. The van der Waals surface area contributed by atoms with Gasteiger partial charge < -0.3 is 0 Å². The molecule has 0 amide bonds. The van der Waals surface area contributed by atoms with Crippen LogP contribution in [0.4, 0.5) is 0 Å². The van der Waals surface area contributed by atoms with Crippen LogP contribution in [-0.2, 0) is 12.8 Å². The van der Waals surface area contributed by atoms with Crippen LogP contribution in [-0.4, -0.2) is 0 Å². The van der Waals surface area contributed by atoms with Gasteiger partial charge in [0, 0.05) is 0 Å². The summed E-state index contributed by atoms with van der Waals surface area (Å²) >= 11 is 0. The molecule has 0 N–H and O–H groups in total. The Bertz CT molecular complexity index is 527. The minimum absolute atomic E-state index is 0.851. The van der Waals surface area contributed by atoms with Crippen molar-refractivity contribution >= 4 is 0 Å². The first-order chi connectivity index (χ1) is 10.8. The Labute approximate surface area is 136 Å². The largest absolute Gasteiger partial charge is 0.0654 e. The van der Waals surface area contributed by atoms with Gasteiger partial charge in [-0.1, -0.05) is 94.1 Å². The van der Waals surface area contributed by atoms with Gasteiger partial charge in [-0.25, -0.2) is 0 Å². The Morgan fingerprint density at radius 2 is 1.50 bits per heavy atom. The summed E-state index contributed by atoms with van der Waals surface area (Å²) in [5, 5.41) is 0. The van der Waals surface area contributed by atoms with Crippen molar-refractivity contribution in [2.75, 3.05) is 0 Å². The van der Waals surface area contributed by atoms with E-state index in [1.165, 1.54) is 55.2 Å². The molecular formula is C22H30. The topological polar surface area (TPSA) is 0 Å². The van der Waals surface area contributed by atoms with Crippen LogP contribution in [0.25, 0.3) is 0 Å². The summed E-state index contributed by atoms with van der Waals surface area (Å²) in [7, 11) is 0. The molecule has 0 heterocycles. The van der Waals surface area contributed by atoms with E-state index in [9.17, 15) is 0 Å². The van der Waals surface area contributed by atoms with Crippen molar-refractivity contribution in [1.82, 2.24) is 0 Å². The summed E-state index contributed by atoms with van der Waals surface area (Å²) < 4.78 is 0. The lowest BCUT2D eigenvalue weighted by atomic mass is 9.94. The molecule has 0 aliphatic carbocycles. The summed E-state index contributed by atoms with van der Waals surface area (Å²) in [6, 6.07) is 19.9. The number of unbranched alkanes of at least 4 members (excludes halogenated alkanes) is 2. The minimum Gasteiger partial charge on any atom is -0.0654 e. The fraction of sp³-hybridized carbons (Fsp3) is 0.455. The number of rotatable bonds is 9. The van der Waals surface area contributed by atoms with Gasteiger partial charge in [0.05, 0.1) is 0 Å². The zero-order valence-electron chi connectivity index (χ0n) is 14.2. The molecule has 0 bridgehead atoms. The third-order valence-electron chi connectivity index (χ3n) is 4.47. The van der Waals surface area contributed by atoms with Crippen LogP contribution in [0.15, 0.2) is 54.6 Å². The number of hydrogen-bond acceptors (Lipinski definition) is 0. The van der Waals surface area contributed by atoms with Gasteiger partial charge in [-0.15, -0.1) is 0 Å². The quantitative estimate of drug-likeness (QED) is 0.468. The predicted octanol–water partition coefficient (Wildman–Crippen LogP) is 6.43. The van der Waals surface area contributed by atoms with Gasteiger partial charge in [0.2, 0.25) is 0 Å². The van der Waals surface area contributed by atoms with Gasteiger partial charge in [-0.05, 0) is 41.9 Å². The Morgan fingerprint density at radius 1 is 0.773 bits per heavy atom. The van der Waals surface area contributed by atoms with Crippen molar-refractivity contribution in [3.05, 3.63) is 71.3 Å². The Morgan fingerprint density at radius 3 is 2.27 bits per heavy atom. The van der Waals surface area contributed by atoms with E-state index in [2.05, 4.69) is 68.4 Å². The van der Waals surface area contributed by atoms with E-state index in [0.717, 1.165) is 12.3 Å². The van der Waals surface area contributed by atoms with E-state index in [1.54, 1.807) is 0 Å². The Balaban J connectivity index is 1.83. The minimum atomic E-state index is 0.851. The van der Waals surface area contributed by atoms with Crippen LogP contribution in [0.3, 0.4) is 0 Å². The van der Waals surface area contributed by atoms with Gasteiger partial charge in [0.1, 0.15) is 0 Å². The average molecular weight is 294 g/mol. The maximum Gasteiger partial charge on any atom is -0.00257 e. The SMILES string of the molecule is CCCCCC(C)CCc1cccc(Cc2ccccc2)c1. The monoisotopic (exact) mass is 294 g/mol. The molecule has 0 aromatic heterocycles. The van der Waals surface area contributed by atoms with Crippen molar-refractivity contribution in [2.24, 2.45) is 5.92 Å². The molecule has 0 heteroatoms. The lowest BCUT2D eigenvalue weighted by Crippen LogP contribution is -1.98. The summed E-state index contributed by atoms with van der Waals surface area (Å²) in [5.74, 6) is 0.851. The van der Waals surface area contributed by atoms with E-state index in [-0.39, 0.29) is 0 Å². The zero-order chi connectivity index (χ0) is 15.6. The lowest BCUT2D eigenvalue weighted by molar-refractivity contribution is 0.464. The first kappa shape index (κ1) is 16.8. The van der Waals surface area contributed by atoms with E-state index in [1.807, 2.05) is 0 Å². The second-order valence-electron chi connectivity index (χ2n) is 6.62. The van der Waals surface area contributed by atoms with Crippen molar-refractivity contribution in [2.45, 2.75) is 58.8 Å². The highest BCUT2D eigenvalue weighted by molar-refractivity contribution is 5.29. The molecule has 0 aliphatic rings. The zero-order valence-corrected chi connectivity index (χ0v) is 14.2. The lowest BCUT2D eigenvalue weighted by Gasteiger charge is -2.11. The van der Waals surface area contributed by atoms with Crippen LogP contribution >= 0.6 is 0 Å². The van der Waals surface area contributed by atoms with E-state index >= 15 is 0 Å². The average Bonchev–Trinajstić information content (AvgIpc) is 2.55. The van der Waals surface area contributed by atoms with Crippen LogP contribution in [0.5, 0.6) is 0 Å². The van der Waals surface area contributed by atoms with Gasteiger partial charge in [0.15, 0.2) is 0 Å². The molecule has 0 saturated heterocycles. The summed E-state index contributed by atoms with van der Waals surface area (Å²) in [6.45, 7) is 4.69. The predicted molar refractivity (Wildman–Crippen MR) is 97.3 cm³/mol. The van der Waals surface area contributed by atoms with Crippen molar-refractivity contribution < 1.29 is 0 Å². The molecule has 22 heavy (non-hydrogen) atoms. The van der Waals surface area contributed by atoms with Crippen LogP contribution in [0.2, 0.25) is 0 Å². The molecule has 0 aliphatic heterocycles. The molecular weight excluding hydrogens is 264 g/mol. The maximum absolute atomic E-state index is 2.41. The van der Waals surface area contributed by atoms with Crippen molar-refractivity contribution in [3.63, 3.8) is 0 Å². The summed E-state index contributed by atoms with van der Waals surface area (Å²) in [6.07, 6.45) is 9.07. The summed E-state index contributed by atoms with van der Waals surface area (Å²) in [5.41, 5.74) is 4.32. The van der Waals surface area contributed by atoms with Gasteiger partial charge in [0.25, 0.3) is 0 Å². The van der Waals surface area contributed by atoms with Gasteiger partial charge in [-0.2, -0.15) is 0 Å². The van der Waals surface area contributed by atoms with Crippen LogP contribution in [0, 0.1) is 5.92 Å². The molecule has 0 fully saturated rings. The van der Waals surface area contributed by atoms with E-state index in [0.29, 0.717) is 0 Å². The molecule has 0 saturated carbocycles. The highest BCUT2D eigenvalue weighted by Crippen LogP contribution is 2.18. The Hall–Kier alpha value is -1.56.